The van der Waals surface area contributed by atoms with Gasteiger partial charge >= 0.3 is 5.97 Å². The van der Waals surface area contributed by atoms with Gasteiger partial charge in [0.05, 0.1) is 11.7 Å². The predicted molar refractivity (Wildman–Crippen MR) is 116 cm³/mol. The number of rotatable bonds is 8. The molecule has 2 aromatic rings. The molecule has 0 radical (unpaired) electrons. The van der Waals surface area contributed by atoms with Crippen molar-refractivity contribution >= 4 is 26.8 Å². The summed E-state index contributed by atoms with van der Waals surface area (Å²) in [5.74, 6) is -1.26. The van der Waals surface area contributed by atoms with E-state index in [1.54, 1.807) is 18.2 Å². The number of nitrogens with one attached hydrogen (secondary N) is 1. The van der Waals surface area contributed by atoms with Crippen LogP contribution in [0.2, 0.25) is 0 Å². The zero-order chi connectivity index (χ0) is 21.7. The summed E-state index contributed by atoms with van der Waals surface area (Å²) >= 11 is 0. The van der Waals surface area contributed by atoms with E-state index in [4.69, 9.17) is 0 Å². The van der Waals surface area contributed by atoms with Crippen LogP contribution in [0, 0.1) is 12.7 Å². The molecule has 1 fully saturated rings. The van der Waals surface area contributed by atoms with E-state index in [0.29, 0.717) is 31.2 Å². The van der Waals surface area contributed by atoms with Crippen molar-refractivity contribution in [2.24, 2.45) is 0 Å². The Morgan fingerprint density at radius 2 is 1.97 bits per heavy atom. The summed E-state index contributed by atoms with van der Waals surface area (Å²) < 4.78 is 41.1. The van der Waals surface area contributed by atoms with E-state index in [0.717, 1.165) is 41.2 Å². The number of sulfonamides is 1. The Balaban J connectivity index is 1.74. The van der Waals surface area contributed by atoms with Crippen molar-refractivity contribution in [3.8, 4) is 0 Å². The van der Waals surface area contributed by atoms with Crippen LogP contribution in [-0.4, -0.2) is 24.7 Å². The van der Waals surface area contributed by atoms with Gasteiger partial charge in [0.2, 0.25) is 10.0 Å². The number of aryl methyl sites for hydroxylation is 1. The third-order valence-electron chi connectivity index (χ3n) is 5.85. The quantitative estimate of drug-likeness (QED) is 0.637. The second kappa shape index (κ2) is 9.60. The number of benzene rings is 2. The lowest BCUT2D eigenvalue weighted by molar-refractivity contribution is -0.136. The van der Waals surface area contributed by atoms with Gasteiger partial charge < -0.3 is 5.11 Å². The molecule has 0 amide bonds. The van der Waals surface area contributed by atoms with Crippen LogP contribution in [-0.2, 0) is 27.7 Å². The van der Waals surface area contributed by atoms with Crippen molar-refractivity contribution in [1.29, 1.82) is 0 Å². The van der Waals surface area contributed by atoms with E-state index >= 15 is 0 Å². The minimum absolute atomic E-state index is 0.0941. The van der Waals surface area contributed by atoms with Crippen molar-refractivity contribution in [2.75, 3.05) is 0 Å². The summed E-state index contributed by atoms with van der Waals surface area (Å²) in [6.07, 6.45) is 8.65. The molecular formula is C23H28FNO4S. The predicted octanol–water partition coefficient (Wildman–Crippen LogP) is 4.61. The standard InChI is InChI=1S/C23H28FNO4S/c1-16-18(14-23(26)27)13-17-10-11-19(24)15-22(17)21(16)9-5-6-12-25-30(28,29)20-7-3-2-4-8-20/h6,10-13,15,20,25H,2-5,7-9,14H2,1H3,(H,26,27)/b12-6-. The fourth-order valence-corrected chi connectivity index (χ4v) is 5.63. The van der Waals surface area contributed by atoms with Crippen LogP contribution in [0.25, 0.3) is 10.8 Å². The first-order valence-corrected chi connectivity index (χ1v) is 11.9. The number of allylic oxidation sites excluding steroid dienone is 1. The molecular weight excluding hydrogens is 405 g/mol. The number of hydrogen-bond donors (Lipinski definition) is 2. The molecule has 0 unspecified atom stereocenters. The molecule has 7 heteroatoms. The molecule has 0 saturated heterocycles. The molecule has 0 atom stereocenters. The Bertz CT molecular complexity index is 1060. The first kappa shape index (κ1) is 22.3. The first-order chi connectivity index (χ1) is 14.3. The monoisotopic (exact) mass is 433 g/mol. The largest absolute Gasteiger partial charge is 0.481 e. The molecule has 0 bridgehead atoms. The molecule has 2 N–H and O–H groups in total. The fourth-order valence-electron chi connectivity index (χ4n) is 4.20. The van der Waals surface area contributed by atoms with Gasteiger partial charge in [-0.2, -0.15) is 0 Å². The lowest BCUT2D eigenvalue weighted by Crippen LogP contribution is -2.32. The molecule has 162 valence electrons. The van der Waals surface area contributed by atoms with Crippen molar-refractivity contribution in [2.45, 2.75) is 63.5 Å². The minimum Gasteiger partial charge on any atom is -0.481 e. The molecule has 3 rings (SSSR count). The first-order valence-electron chi connectivity index (χ1n) is 10.4. The van der Waals surface area contributed by atoms with Gasteiger partial charge in [-0.1, -0.05) is 37.5 Å². The van der Waals surface area contributed by atoms with Crippen LogP contribution in [0.1, 0.15) is 55.2 Å². The third kappa shape index (κ3) is 5.39. The van der Waals surface area contributed by atoms with Gasteiger partial charge in [0, 0.05) is 6.20 Å². The second-order valence-corrected chi connectivity index (χ2v) is 9.93. The minimum atomic E-state index is -3.35. The average molecular weight is 434 g/mol. The van der Waals surface area contributed by atoms with Gasteiger partial charge in [-0.3, -0.25) is 9.52 Å². The maximum Gasteiger partial charge on any atom is 0.307 e. The molecule has 1 saturated carbocycles. The molecule has 0 spiro atoms. The summed E-state index contributed by atoms with van der Waals surface area (Å²) in [6.45, 7) is 1.85. The Hall–Kier alpha value is -2.41. The van der Waals surface area contributed by atoms with Crippen LogP contribution in [0.4, 0.5) is 4.39 Å². The Morgan fingerprint density at radius 3 is 2.67 bits per heavy atom. The van der Waals surface area contributed by atoms with Crippen molar-refractivity contribution in [1.82, 2.24) is 4.72 Å². The van der Waals surface area contributed by atoms with E-state index in [2.05, 4.69) is 4.72 Å². The Kier molecular flexibility index (Phi) is 7.13. The number of halogens is 1. The molecule has 1 aliphatic rings. The van der Waals surface area contributed by atoms with Gasteiger partial charge in [0.15, 0.2) is 0 Å². The van der Waals surface area contributed by atoms with Crippen molar-refractivity contribution in [3.05, 3.63) is 59.0 Å². The molecule has 0 aliphatic heterocycles. The molecule has 2 aromatic carbocycles. The van der Waals surface area contributed by atoms with E-state index in [-0.39, 0.29) is 17.5 Å². The number of carbonyl (C=O) groups is 1. The summed E-state index contributed by atoms with van der Waals surface area (Å²) in [5, 5.41) is 10.4. The van der Waals surface area contributed by atoms with E-state index in [9.17, 15) is 22.7 Å². The topological polar surface area (TPSA) is 83.5 Å². The van der Waals surface area contributed by atoms with Crippen LogP contribution in [0.15, 0.2) is 36.5 Å². The SMILES string of the molecule is Cc1c(CC(=O)O)cc2ccc(F)cc2c1CC/C=C\NS(=O)(=O)C1CCCCC1. The highest BCUT2D eigenvalue weighted by Crippen LogP contribution is 2.28. The lowest BCUT2D eigenvalue weighted by atomic mass is 9.91. The molecule has 1 aliphatic carbocycles. The van der Waals surface area contributed by atoms with Crippen LogP contribution >= 0.6 is 0 Å². The Labute approximate surface area is 177 Å². The normalized spacial score (nSPS) is 15.7. The molecule has 0 heterocycles. The summed E-state index contributed by atoms with van der Waals surface area (Å²) in [5.41, 5.74) is 2.44. The maximum absolute atomic E-state index is 13.8. The number of aliphatic carboxylic acids is 1. The van der Waals surface area contributed by atoms with Crippen LogP contribution in [0.3, 0.4) is 0 Å². The van der Waals surface area contributed by atoms with E-state index < -0.39 is 16.0 Å². The Morgan fingerprint density at radius 1 is 1.23 bits per heavy atom. The van der Waals surface area contributed by atoms with E-state index in [1.807, 2.05) is 6.92 Å². The molecule has 30 heavy (non-hydrogen) atoms. The number of carboxylic acids is 1. The molecule has 0 aromatic heterocycles. The zero-order valence-corrected chi connectivity index (χ0v) is 18.0. The van der Waals surface area contributed by atoms with E-state index in [1.165, 1.54) is 18.3 Å². The van der Waals surface area contributed by atoms with Crippen LogP contribution < -0.4 is 4.72 Å². The van der Waals surface area contributed by atoms with Gasteiger partial charge in [-0.05, 0) is 72.2 Å². The van der Waals surface area contributed by atoms with Gasteiger partial charge in [-0.15, -0.1) is 0 Å². The molecule has 5 nitrogen and oxygen atoms in total. The number of hydrogen-bond acceptors (Lipinski definition) is 3. The third-order valence-corrected chi connectivity index (χ3v) is 7.66. The smallest absolute Gasteiger partial charge is 0.307 e. The van der Waals surface area contributed by atoms with Crippen LogP contribution in [0.5, 0.6) is 0 Å². The van der Waals surface area contributed by atoms with Gasteiger partial charge in [0.25, 0.3) is 0 Å². The maximum atomic E-state index is 13.8. The van der Waals surface area contributed by atoms with Gasteiger partial charge in [-0.25, -0.2) is 12.8 Å². The summed E-state index contributed by atoms with van der Waals surface area (Å²) in [7, 11) is -3.35. The highest BCUT2D eigenvalue weighted by atomic mass is 32.2. The lowest BCUT2D eigenvalue weighted by Gasteiger charge is -2.21. The highest BCUT2D eigenvalue weighted by Gasteiger charge is 2.25. The number of fused-ring (bicyclic) bond motifs is 1. The second-order valence-electron chi connectivity index (χ2n) is 7.94. The van der Waals surface area contributed by atoms with Gasteiger partial charge in [0.1, 0.15) is 5.82 Å². The highest BCUT2D eigenvalue weighted by molar-refractivity contribution is 7.90. The average Bonchev–Trinajstić information content (AvgIpc) is 2.70. The number of carboxylic acid groups (broad SMARTS) is 1. The summed E-state index contributed by atoms with van der Waals surface area (Å²) in [4.78, 5) is 11.2. The summed E-state index contributed by atoms with van der Waals surface area (Å²) in [6, 6.07) is 6.30. The van der Waals surface area contributed by atoms with Crippen molar-refractivity contribution in [3.63, 3.8) is 0 Å². The van der Waals surface area contributed by atoms with Crippen molar-refractivity contribution < 1.29 is 22.7 Å². The fraction of sp³-hybridized carbons (Fsp3) is 0.435. The zero-order valence-electron chi connectivity index (χ0n) is 17.2.